The second-order valence-electron chi connectivity index (χ2n) is 8.21. The van der Waals surface area contributed by atoms with Crippen molar-refractivity contribution in [1.82, 2.24) is 10.3 Å². The van der Waals surface area contributed by atoms with E-state index in [1.165, 1.54) is 0 Å². The lowest BCUT2D eigenvalue weighted by Crippen LogP contribution is -2.28. The second-order valence-corrected chi connectivity index (χ2v) is 8.21. The van der Waals surface area contributed by atoms with Crippen LogP contribution in [-0.4, -0.2) is 29.9 Å². The van der Waals surface area contributed by atoms with Crippen LogP contribution in [0.25, 0.3) is 0 Å². The Balaban J connectivity index is 1.77. The number of pyridine rings is 1. The van der Waals surface area contributed by atoms with Gasteiger partial charge in [-0.2, -0.15) is 0 Å². The topological polar surface area (TPSA) is 74.3 Å². The predicted molar refractivity (Wildman–Crippen MR) is 125 cm³/mol. The first-order valence-corrected chi connectivity index (χ1v) is 11.5. The van der Waals surface area contributed by atoms with Gasteiger partial charge in [0.1, 0.15) is 0 Å². The van der Waals surface area contributed by atoms with Crippen LogP contribution in [0.5, 0.6) is 0 Å². The normalized spacial score (nSPS) is 14.3. The van der Waals surface area contributed by atoms with Crippen LogP contribution in [0.15, 0.2) is 42.7 Å². The van der Waals surface area contributed by atoms with Crippen molar-refractivity contribution >= 4 is 23.2 Å². The summed E-state index contributed by atoms with van der Waals surface area (Å²) in [5, 5.41) is 6.04. The highest BCUT2D eigenvalue weighted by molar-refractivity contribution is 6.02. The summed E-state index contributed by atoms with van der Waals surface area (Å²) in [5.41, 5.74) is 3.15. The highest BCUT2D eigenvalue weighted by Gasteiger charge is 2.22. The average Bonchev–Trinajstić information content (AvgIpc) is 3.33. The van der Waals surface area contributed by atoms with Gasteiger partial charge in [-0.25, -0.2) is 0 Å². The average molecular weight is 423 g/mol. The fraction of sp³-hybridized carbons (Fsp3) is 0.480. The summed E-state index contributed by atoms with van der Waals surface area (Å²) < 4.78 is 0. The number of hydrogen-bond donors (Lipinski definition) is 2. The van der Waals surface area contributed by atoms with Gasteiger partial charge in [-0.15, -0.1) is 0 Å². The molecule has 6 heteroatoms. The Morgan fingerprint density at radius 3 is 2.65 bits per heavy atom. The molecule has 1 aliphatic heterocycles. The maximum absolute atomic E-state index is 13.1. The Morgan fingerprint density at radius 1 is 1.16 bits per heavy atom. The number of carbonyl (C=O) groups excluding carboxylic acids is 2. The fourth-order valence-electron chi connectivity index (χ4n) is 4.03. The summed E-state index contributed by atoms with van der Waals surface area (Å²) in [4.78, 5) is 32.2. The molecular weight excluding hydrogens is 388 g/mol. The maximum atomic E-state index is 13.1. The van der Waals surface area contributed by atoms with Gasteiger partial charge >= 0.3 is 0 Å². The first-order chi connectivity index (χ1) is 15.1. The van der Waals surface area contributed by atoms with Crippen LogP contribution >= 0.6 is 0 Å². The minimum atomic E-state index is -0.139. The van der Waals surface area contributed by atoms with Crippen LogP contribution < -0.4 is 15.5 Å². The van der Waals surface area contributed by atoms with Gasteiger partial charge in [-0.1, -0.05) is 32.8 Å². The minimum Gasteiger partial charge on any atom is -0.371 e. The standard InChI is InChI=1S/C25H34N4O2/c1-3-5-10-20(4-2)24(30)28-21-11-12-23(29-14-6-7-15-29)22(16-21)25(31)27-18-19-9-8-13-26-17-19/h8-9,11-13,16-17,20H,3-7,10,14-15,18H2,1-2H3,(H,27,31)(H,28,30). The van der Waals surface area contributed by atoms with E-state index in [9.17, 15) is 9.59 Å². The highest BCUT2D eigenvalue weighted by Crippen LogP contribution is 2.28. The van der Waals surface area contributed by atoms with Crippen LogP contribution in [0.4, 0.5) is 11.4 Å². The number of amides is 2. The summed E-state index contributed by atoms with van der Waals surface area (Å²) >= 11 is 0. The number of aromatic nitrogens is 1. The highest BCUT2D eigenvalue weighted by atomic mass is 16.2. The molecule has 2 N–H and O–H groups in total. The molecule has 1 aromatic carbocycles. The van der Waals surface area contributed by atoms with Crippen LogP contribution in [0, 0.1) is 5.92 Å². The molecule has 1 aliphatic rings. The molecule has 0 radical (unpaired) electrons. The van der Waals surface area contributed by atoms with E-state index >= 15 is 0 Å². The molecule has 6 nitrogen and oxygen atoms in total. The number of hydrogen-bond acceptors (Lipinski definition) is 4. The van der Waals surface area contributed by atoms with E-state index in [1.807, 2.05) is 37.3 Å². The molecule has 166 valence electrons. The Labute approximate surface area is 185 Å². The zero-order chi connectivity index (χ0) is 22.1. The molecule has 0 saturated carbocycles. The Hall–Kier alpha value is -2.89. The van der Waals surface area contributed by atoms with Gasteiger partial charge in [0.15, 0.2) is 0 Å². The van der Waals surface area contributed by atoms with E-state index in [4.69, 9.17) is 0 Å². The zero-order valence-electron chi connectivity index (χ0n) is 18.7. The summed E-state index contributed by atoms with van der Waals surface area (Å²) in [6, 6.07) is 9.49. The predicted octanol–water partition coefficient (Wildman–Crippen LogP) is 4.77. The van der Waals surface area contributed by atoms with Crippen molar-refractivity contribution in [3.05, 3.63) is 53.9 Å². The Bertz CT molecular complexity index is 863. The monoisotopic (exact) mass is 422 g/mol. The van der Waals surface area contributed by atoms with Gasteiger partial charge in [0, 0.05) is 49.3 Å². The molecular formula is C25H34N4O2. The van der Waals surface area contributed by atoms with Gasteiger partial charge in [-0.3, -0.25) is 14.6 Å². The maximum Gasteiger partial charge on any atom is 0.253 e. The van der Waals surface area contributed by atoms with Crippen molar-refractivity contribution < 1.29 is 9.59 Å². The van der Waals surface area contributed by atoms with E-state index in [0.29, 0.717) is 17.8 Å². The molecule has 1 fully saturated rings. The van der Waals surface area contributed by atoms with Crippen molar-refractivity contribution in [2.24, 2.45) is 5.92 Å². The molecule has 31 heavy (non-hydrogen) atoms. The van der Waals surface area contributed by atoms with Crippen molar-refractivity contribution in [1.29, 1.82) is 0 Å². The van der Waals surface area contributed by atoms with Crippen molar-refractivity contribution in [2.45, 2.75) is 58.9 Å². The first kappa shape index (κ1) is 22.8. The van der Waals surface area contributed by atoms with Gasteiger partial charge in [0.05, 0.1) is 5.56 Å². The number of anilines is 2. The molecule has 2 aromatic rings. The lowest BCUT2D eigenvalue weighted by molar-refractivity contribution is -0.120. The molecule has 0 spiro atoms. The van der Waals surface area contributed by atoms with Gasteiger partial charge in [0.25, 0.3) is 5.91 Å². The number of carbonyl (C=O) groups is 2. The number of unbranched alkanes of at least 4 members (excludes halogenated alkanes) is 1. The van der Waals surface area contributed by atoms with Crippen LogP contribution in [0.2, 0.25) is 0 Å². The second kappa shape index (κ2) is 11.5. The van der Waals surface area contributed by atoms with E-state index in [1.54, 1.807) is 12.4 Å². The molecule has 2 heterocycles. The van der Waals surface area contributed by atoms with Crippen LogP contribution in [0.1, 0.15) is 68.3 Å². The Kier molecular flexibility index (Phi) is 8.44. The van der Waals surface area contributed by atoms with E-state index in [2.05, 4.69) is 27.4 Å². The molecule has 1 unspecified atom stereocenters. The van der Waals surface area contributed by atoms with Crippen molar-refractivity contribution in [2.75, 3.05) is 23.3 Å². The van der Waals surface area contributed by atoms with Gasteiger partial charge in [-0.05, 0) is 55.5 Å². The minimum absolute atomic E-state index is 0.000987. The molecule has 1 atom stereocenters. The molecule has 1 aromatic heterocycles. The smallest absolute Gasteiger partial charge is 0.253 e. The molecule has 3 rings (SSSR count). The molecule has 1 saturated heterocycles. The summed E-state index contributed by atoms with van der Waals surface area (Å²) in [7, 11) is 0. The third-order valence-corrected chi connectivity index (χ3v) is 5.90. The fourth-order valence-corrected chi connectivity index (χ4v) is 4.03. The first-order valence-electron chi connectivity index (χ1n) is 11.5. The quantitative estimate of drug-likeness (QED) is 0.579. The molecule has 2 amide bonds. The van der Waals surface area contributed by atoms with Crippen LogP contribution in [0.3, 0.4) is 0 Å². The van der Waals surface area contributed by atoms with Crippen molar-refractivity contribution in [3.8, 4) is 0 Å². The molecule has 0 aliphatic carbocycles. The largest absolute Gasteiger partial charge is 0.371 e. The molecule has 0 bridgehead atoms. The number of rotatable bonds is 10. The van der Waals surface area contributed by atoms with Gasteiger partial charge in [0.2, 0.25) is 5.91 Å². The summed E-state index contributed by atoms with van der Waals surface area (Å²) in [6.07, 6.45) is 9.55. The summed E-state index contributed by atoms with van der Waals surface area (Å²) in [6.45, 7) is 6.50. The SMILES string of the molecule is CCCCC(CC)C(=O)Nc1ccc(N2CCCC2)c(C(=O)NCc2cccnc2)c1. The van der Waals surface area contributed by atoms with E-state index in [-0.39, 0.29) is 17.7 Å². The Morgan fingerprint density at radius 2 is 1.97 bits per heavy atom. The van der Waals surface area contributed by atoms with E-state index < -0.39 is 0 Å². The number of nitrogens with one attached hydrogen (secondary N) is 2. The lowest BCUT2D eigenvalue weighted by Gasteiger charge is -2.22. The third kappa shape index (κ3) is 6.29. The third-order valence-electron chi connectivity index (χ3n) is 5.90. The number of benzene rings is 1. The van der Waals surface area contributed by atoms with E-state index in [0.717, 1.165) is 62.9 Å². The van der Waals surface area contributed by atoms with Crippen LogP contribution in [-0.2, 0) is 11.3 Å². The summed E-state index contributed by atoms with van der Waals surface area (Å²) in [5.74, 6) is -0.104. The van der Waals surface area contributed by atoms with Crippen molar-refractivity contribution in [3.63, 3.8) is 0 Å². The lowest BCUT2D eigenvalue weighted by atomic mass is 9.98. The van der Waals surface area contributed by atoms with Gasteiger partial charge < -0.3 is 15.5 Å². The number of nitrogens with zero attached hydrogens (tertiary/aromatic N) is 2. The zero-order valence-corrected chi connectivity index (χ0v) is 18.7.